The molecule has 0 aromatic rings. The number of hydrogen-bond acceptors (Lipinski definition) is 18. The van der Waals surface area contributed by atoms with Crippen LogP contribution in [0.3, 0.4) is 0 Å². The lowest BCUT2D eigenvalue weighted by molar-refractivity contribution is -0.379. The Bertz CT molecular complexity index is 1880. The van der Waals surface area contributed by atoms with Crippen LogP contribution in [0.15, 0.2) is 72.9 Å². The van der Waals surface area contributed by atoms with Crippen molar-refractivity contribution in [1.29, 1.82) is 0 Å². The SMILES string of the molecule is CC/C=C\C/C=C\C/C=C\C/C=C\C/C=C\C/C=C\CCC(=O)NC(COC1OC(CO)C(OC2OC(CO)C(OC3OC(CO)C(O)C(O)C3O)C(O)C2O)C(O)C1O)C(O)CCCCCCCCCCCCCCCCCCCCCCCCCC. The maximum Gasteiger partial charge on any atom is 0.220 e. The molecule has 510 valence electrons. The summed E-state index contributed by atoms with van der Waals surface area (Å²) < 4.78 is 34.4. The Labute approximate surface area is 528 Å². The van der Waals surface area contributed by atoms with Crippen LogP contribution in [0.5, 0.6) is 0 Å². The van der Waals surface area contributed by atoms with E-state index in [-0.39, 0.29) is 18.9 Å². The second kappa shape index (κ2) is 50.7. The summed E-state index contributed by atoms with van der Waals surface area (Å²) in [5, 5.41) is 121. The predicted molar refractivity (Wildman–Crippen MR) is 341 cm³/mol. The molecule has 0 aromatic carbocycles. The van der Waals surface area contributed by atoms with E-state index < -0.39 is 124 Å². The van der Waals surface area contributed by atoms with Gasteiger partial charge >= 0.3 is 0 Å². The smallest absolute Gasteiger partial charge is 0.220 e. The number of unbranched alkanes of at least 4 members (excludes halogenated alkanes) is 23. The lowest BCUT2D eigenvalue weighted by Crippen LogP contribution is -2.66. The zero-order valence-electron chi connectivity index (χ0n) is 53.7. The largest absolute Gasteiger partial charge is 0.394 e. The molecule has 3 aliphatic rings. The Balaban J connectivity index is 1.46. The van der Waals surface area contributed by atoms with Crippen molar-refractivity contribution in [2.24, 2.45) is 0 Å². The summed E-state index contributed by atoms with van der Waals surface area (Å²) in [4.78, 5) is 13.4. The minimum Gasteiger partial charge on any atom is -0.394 e. The summed E-state index contributed by atoms with van der Waals surface area (Å²) in [5.41, 5.74) is 0. The number of amides is 1. The first-order chi connectivity index (χ1) is 42.8. The molecule has 3 saturated heterocycles. The molecule has 17 unspecified atom stereocenters. The van der Waals surface area contributed by atoms with Crippen molar-refractivity contribution in [3.63, 3.8) is 0 Å². The summed E-state index contributed by atoms with van der Waals surface area (Å²) in [6.07, 6.45) is 35.7. The number of carbonyl (C=O) groups excluding carboxylic acids is 1. The Morgan fingerprint density at radius 1 is 0.420 bits per heavy atom. The molecule has 19 heteroatoms. The third kappa shape index (κ3) is 32.7. The monoisotopic (exact) mass is 1250 g/mol. The lowest BCUT2D eigenvalue weighted by atomic mass is 9.96. The van der Waals surface area contributed by atoms with Gasteiger partial charge in [-0.15, -0.1) is 0 Å². The molecular formula is C69H121NO18. The summed E-state index contributed by atoms with van der Waals surface area (Å²) in [6.45, 7) is 1.64. The first-order valence-electron chi connectivity index (χ1n) is 34.2. The number of allylic oxidation sites excluding steroid dienone is 12. The molecule has 3 rings (SSSR count). The van der Waals surface area contributed by atoms with Gasteiger partial charge < -0.3 is 89.9 Å². The average molecular weight is 1250 g/mol. The van der Waals surface area contributed by atoms with Crippen LogP contribution in [0.1, 0.15) is 226 Å². The Morgan fingerprint density at radius 2 is 0.761 bits per heavy atom. The van der Waals surface area contributed by atoms with E-state index >= 15 is 0 Å². The van der Waals surface area contributed by atoms with Gasteiger partial charge in [-0.2, -0.15) is 0 Å². The fourth-order valence-corrected chi connectivity index (χ4v) is 11.3. The highest BCUT2D eigenvalue weighted by Crippen LogP contribution is 2.33. The van der Waals surface area contributed by atoms with E-state index in [1.54, 1.807) is 0 Å². The fourth-order valence-electron chi connectivity index (χ4n) is 11.3. The Morgan fingerprint density at radius 3 is 1.16 bits per heavy atom. The number of nitrogens with one attached hydrogen (secondary N) is 1. The van der Waals surface area contributed by atoms with Crippen LogP contribution in [0.25, 0.3) is 0 Å². The topological polar surface area (TPSA) is 307 Å². The molecule has 0 radical (unpaired) electrons. The second-order valence-corrected chi connectivity index (χ2v) is 24.3. The number of aliphatic hydroxyl groups is 11. The zero-order valence-corrected chi connectivity index (χ0v) is 53.7. The van der Waals surface area contributed by atoms with Crippen molar-refractivity contribution < 1.29 is 89.4 Å². The number of rotatable bonds is 51. The normalized spacial score (nSPS) is 28.9. The van der Waals surface area contributed by atoms with Gasteiger partial charge in [-0.05, 0) is 51.4 Å². The molecule has 17 atom stereocenters. The molecule has 0 aromatic heterocycles. The van der Waals surface area contributed by atoms with E-state index in [0.717, 1.165) is 51.4 Å². The van der Waals surface area contributed by atoms with E-state index in [2.05, 4.69) is 79.9 Å². The standard InChI is InChI=1S/C69H121NO18/c1-3-5-7-9-11-13-15-17-19-21-23-24-25-26-27-29-30-32-34-36-38-40-42-44-46-53(74)52(70-57(75)47-45-43-41-39-37-35-33-31-28-22-20-18-16-14-12-10-8-6-4-2)51-83-67-63(81)60(78)65(55(49-72)85-67)88-69-64(82)61(79)66(56(50-73)86-69)87-68-62(80)59(77)58(76)54(48-71)84-68/h6,8,12,14,18,20,28,31,35,37,41,43,52-56,58-69,71-74,76-82H,3-5,7,9-11,13,15-17,19,21-27,29-30,32-34,36,38-40,42,44-51H2,1-2H3,(H,70,75)/b8-6-,14-12-,20-18-,31-28-,37-35-,43-41-. The summed E-state index contributed by atoms with van der Waals surface area (Å²) in [7, 11) is 0. The van der Waals surface area contributed by atoms with Crippen molar-refractivity contribution in [2.75, 3.05) is 26.4 Å². The van der Waals surface area contributed by atoms with Crippen molar-refractivity contribution in [2.45, 2.75) is 330 Å². The number of hydrogen-bond donors (Lipinski definition) is 12. The van der Waals surface area contributed by atoms with Gasteiger partial charge in [0, 0.05) is 6.42 Å². The first kappa shape index (κ1) is 79.5. The van der Waals surface area contributed by atoms with Gasteiger partial charge in [0.05, 0.1) is 38.6 Å². The molecule has 19 nitrogen and oxygen atoms in total. The molecule has 12 N–H and O–H groups in total. The third-order valence-corrected chi connectivity index (χ3v) is 16.8. The summed E-state index contributed by atoms with van der Waals surface area (Å²) in [6, 6.07) is -0.933. The molecule has 1 amide bonds. The quantitative estimate of drug-likeness (QED) is 0.0200. The number of aliphatic hydroxyl groups excluding tert-OH is 11. The molecule has 3 fully saturated rings. The summed E-state index contributed by atoms with van der Waals surface area (Å²) >= 11 is 0. The molecule has 0 aliphatic carbocycles. The van der Waals surface area contributed by atoms with E-state index in [1.165, 1.54) is 128 Å². The van der Waals surface area contributed by atoms with Crippen LogP contribution in [-0.2, 0) is 33.2 Å². The summed E-state index contributed by atoms with van der Waals surface area (Å²) in [5.74, 6) is -0.325. The van der Waals surface area contributed by atoms with Crippen LogP contribution in [-0.4, -0.2) is 193 Å². The predicted octanol–water partition coefficient (Wildman–Crippen LogP) is 8.55. The lowest BCUT2D eigenvalue weighted by Gasteiger charge is -2.48. The Kier molecular flexibility index (Phi) is 45.8. The maximum absolute atomic E-state index is 13.4. The van der Waals surface area contributed by atoms with Gasteiger partial charge in [0.25, 0.3) is 0 Å². The number of carbonyl (C=O) groups is 1. The van der Waals surface area contributed by atoms with Gasteiger partial charge in [-0.3, -0.25) is 4.79 Å². The van der Waals surface area contributed by atoms with E-state index in [4.69, 9.17) is 28.4 Å². The van der Waals surface area contributed by atoms with Gasteiger partial charge in [0.2, 0.25) is 5.91 Å². The van der Waals surface area contributed by atoms with Crippen LogP contribution in [0, 0.1) is 0 Å². The Hall–Kier alpha value is -2.77. The van der Waals surface area contributed by atoms with E-state index in [0.29, 0.717) is 25.7 Å². The van der Waals surface area contributed by atoms with E-state index in [9.17, 15) is 61.0 Å². The van der Waals surface area contributed by atoms with Gasteiger partial charge in [0.1, 0.15) is 73.2 Å². The van der Waals surface area contributed by atoms with Crippen LogP contribution >= 0.6 is 0 Å². The van der Waals surface area contributed by atoms with Crippen LogP contribution < -0.4 is 5.32 Å². The number of ether oxygens (including phenoxy) is 6. The average Bonchev–Trinajstić information content (AvgIpc) is 3.71. The molecule has 0 saturated carbocycles. The molecule has 3 heterocycles. The highest BCUT2D eigenvalue weighted by Gasteiger charge is 2.53. The van der Waals surface area contributed by atoms with Crippen molar-refractivity contribution >= 4 is 5.91 Å². The molecular weight excluding hydrogens is 1130 g/mol. The van der Waals surface area contributed by atoms with Gasteiger partial charge in [-0.25, -0.2) is 0 Å². The van der Waals surface area contributed by atoms with Crippen molar-refractivity contribution in [1.82, 2.24) is 5.32 Å². The van der Waals surface area contributed by atoms with Gasteiger partial charge in [-0.1, -0.05) is 241 Å². The second-order valence-electron chi connectivity index (χ2n) is 24.3. The maximum atomic E-state index is 13.4. The van der Waals surface area contributed by atoms with Crippen molar-refractivity contribution in [3.05, 3.63) is 72.9 Å². The van der Waals surface area contributed by atoms with Crippen molar-refractivity contribution in [3.8, 4) is 0 Å². The first-order valence-corrected chi connectivity index (χ1v) is 34.2. The molecule has 0 bridgehead atoms. The molecule has 0 spiro atoms. The third-order valence-electron chi connectivity index (χ3n) is 16.8. The van der Waals surface area contributed by atoms with E-state index in [1.807, 2.05) is 12.2 Å². The highest BCUT2D eigenvalue weighted by molar-refractivity contribution is 5.76. The van der Waals surface area contributed by atoms with Crippen LogP contribution in [0.4, 0.5) is 0 Å². The van der Waals surface area contributed by atoms with Gasteiger partial charge in [0.15, 0.2) is 18.9 Å². The molecule has 88 heavy (non-hydrogen) atoms. The van der Waals surface area contributed by atoms with Crippen LogP contribution in [0.2, 0.25) is 0 Å². The minimum atomic E-state index is -1.98. The minimum absolute atomic E-state index is 0.138. The molecule has 3 aliphatic heterocycles. The zero-order chi connectivity index (χ0) is 64.0. The highest BCUT2D eigenvalue weighted by atomic mass is 16.8. The fraction of sp³-hybridized carbons (Fsp3) is 0.812.